The molecule has 0 unspecified atom stereocenters. The number of rotatable bonds is 3. The summed E-state index contributed by atoms with van der Waals surface area (Å²) in [6.07, 6.45) is 0.114. The van der Waals surface area contributed by atoms with Crippen LogP contribution in [-0.2, 0) is 11.2 Å². The van der Waals surface area contributed by atoms with Crippen LogP contribution in [0.3, 0.4) is 0 Å². The van der Waals surface area contributed by atoms with Gasteiger partial charge in [-0.3, -0.25) is 4.79 Å². The Balaban J connectivity index is 0.00000196. The largest absolute Gasteiger partial charge is 0.504 e. The van der Waals surface area contributed by atoms with Gasteiger partial charge in [0.05, 0.1) is 0 Å². The lowest BCUT2D eigenvalue weighted by molar-refractivity contribution is -0.138. The van der Waals surface area contributed by atoms with Crippen LogP contribution in [0.4, 0.5) is 0 Å². The van der Waals surface area contributed by atoms with Gasteiger partial charge in [0.2, 0.25) is 0 Å². The highest BCUT2D eigenvalue weighted by molar-refractivity contribution is 5.75. The monoisotopic (exact) mass is 208 g/mol. The third-order valence-corrected chi connectivity index (χ3v) is 1.81. The van der Waals surface area contributed by atoms with Crippen LogP contribution in [0, 0.1) is 0 Å². The lowest BCUT2D eigenvalue weighted by atomic mass is 10.1. The number of nitrogens with two attached hydrogens (primary N) is 1. The van der Waals surface area contributed by atoms with E-state index in [0.717, 1.165) is 0 Å². The normalized spacial score (nSPS) is 11.5. The van der Waals surface area contributed by atoms with Gasteiger partial charge < -0.3 is 21.1 Å². The molecule has 79 valence electrons. The Hall–Kier alpha value is -1.69. The minimum absolute atomic E-state index is 0. The van der Waals surface area contributed by atoms with Crippen molar-refractivity contribution in [2.45, 2.75) is 12.5 Å². The average molecular weight is 208 g/mol. The third kappa shape index (κ3) is 3.51. The van der Waals surface area contributed by atoms with E-state index in [1.54, 1.807) is 0 Å². The van der Waals surface area contributed by atoms with Crippen molar-refractivity contribution in [3.63, 3.8) is 0 Å². The summed E-state index contributed by atoms with van der Waals surface area (Å²) in [5.74, 6) is -1.62. The number of aliphatic carboxylic acids is 1. The molecule has 0 amide bonds. The number of carbonyl (C=O) groups is 1. The zero-order valence-corrected chi connectivity index (χ0v) is 7.92. The molecule has 1 rings (SSSR count). The Morgan fingerprint density at radius 1 is 1.33 bits per heavy atom. The molecule has 0 heterocycles. The summed E-state index contributed by atoms with van der Waals surface area (Å²) in [5, 5.41) is 26.6. The van der Waals surface area contributed by atoms with Gasteiger partial charge in [-0.25, -0.2) is 0 Å². The molecule has 1 aromatic rings. The van der Waals surface area contributed by atoms with Gasteiger partial charge in [-0.05, 0) is 24.1 Å². The summed E-state index contributed by atoms with van der Waals surface area (Å²) in [6.45, 7) is 0. The molecule has 1 aromatic carbocycles. The molecule has 3 radical (unpaired) electrons. The van der Waals surface area contributed by atoms with E-state index in [9.17, 15) is 4.79 Å². The summed E-state index contributed by atoms with van der Waals surface area (Å²) in [4.78, 5) is 10.4. The van der Waals surface area contributed by atoms with E-state index < -0.39 is 12.0 Å². The smallest absolute Gasteiger partial charge is 0.320 e. The number of hydrogen-bond donors (Lipinski definition) is 4. The average Bonchev–Trinajstić information content (AvgIpc) is 2.11. The summed E-state index contributed by atoms with van der Waals surface area (Å²) >= 11 is 0. The number of phenols is 2. The number of benzene rings is 1. The summed E-state index contributed by atoms with van der Waals surface area (Å²) in [7, 11) is 0. The Bertz CT molecular complexity index is 356. The Morgan fingerprint density at radius 2 is 1.93 bits per heavy atom. The molecule has 0 aliphatic carbocycles. The Morgan fingerprint density at radius 3 is 2.40 bits per heavy atom. The molecule has 0 fully saturated rings. The molecule has 0 aromatic heterocycles. The van der Waals surface area contributed by atoms with Crippen LogP contribution in [0.5, 0.6) is 11.5 Å². The Labute approximate surface area is 88.7 Å². The predicted octanol–water partition coefficient (Wildman–Crippen LogP) is -0.329. The number of carboxylic acid groups (broad SMARTS) is 1. The van der Waals surface area contributed by atoms with Crippen LogP contribution in [0.15, 0.2) is 18.2 Å². The van der Waals surface area contributed by atoms with Crippen LogP contribution < -0.4 is 5.73 Å². The standard InChI is InChI=1S/C9H11NO4.B/c10-6(9(13)14)3-5-1-2-7(11)8(12)4-5;/h1-2,4,6,11-12H,3,10H2,(H,13,14);/t6-;/m0./s1. The van der Waals surface area contributed by atoms with Gasteiger partial charge in [-0.2, -0.15) is 0 Å². The molecule has 0 aliphatic rings. The molecule has 1 atom stereocenters. The lowest BCUT2D eigenvalue weighted by Gasteiger charge is -2.06. The van der Waals surface area contributed by atoms with Crippen molar-refractivity contribution in [1.82, 2.24) is 0 Å². The maximum Gasteiger partial charge on any atom is 0.320 e. The number of hydrogen-bond acceptors (Lipinski definition) is 4. The molecular formula is C9H11BNO4. The molecule has 0 bridgehead atoms. The molecular weight excluding hydrogens is 197 g/mol. The van der Waals surface area contributed by atoms with Crippen LogP contribution >= 0.6 is 0 Å². The number of aromatic hydroxyl groups is 2. The second-order valence-corrected chi connectivity index (χ2v) is 2.97. The first-order valence-electron chi connectivity index (χ1n) is 4.00. The highest BCUT2D eigenvalue weighted by Crippen LogP contribution is 2.25. The first kappa shape index (κ1) is 13.3. The van der Waals surface area contributed by atoms with Crippen molar-refractivity contribution < 1.29 is 20.1 Å². The summed E-state index contributed by atoms with van der Waals surface area (Å²) in [5.41, 5.74) is 5.86. The summed E-state index contributed by atoms with van der Waals surface area (Å²) in [6, 6.07) is 3.09. The molecule has 0 aliphatic heterocycles. The second kappa shape index (κ2) is 5.26. The molecule has 0 spiro atoms. The van der Waals surface area contributed by atoms with E-state index >= 15 is 0 Å². The third-order valence-electron chi connectivity index (χ3n) is 1.81. The van der Waals surface area contributed by atoms with E-state index in [-0.39, 0.29) is 26.3 Å². The second-order valence-electron chi connectivity index (χ2n) is 2.97. The first-order valence-corrected chi connectivity index (χ1v) is 4.00. The van der Waals surface area contributed by atoms with Gasteiger partial charge >= 0.3 is 5.97 Å². The maximum absolute atomic E-state index is 10.4. The van der Waals surface area contributed by atoms with Crippen molar-refractivity contribution in [2.75, 3.05) is 0 Å². The van der Waals surface area contributed by atoms with Gasteiger partial charge in [0.1, 0.15) is 6.04 Å². The van der Waals surface area contributed by atoms with E-state index in [1.165, 1.54) is 18.2 Å². The van der Waals surface area contributed by atoms with Gasteiger partial charge in [0.15, 0.2) is 11.5 Å². The molecule has 6 heteroatoms. The van der Waals surface area contributed by atoms with Crippen LogP contribution in [0.1, 0.15) is 5.56 Å². The van der Waals surface area contributed by atoms with Crippen molar-refractivity contribution in [2.24, 2.45) is 5.73 Å². The van der Waals surface area contributed by atoms with Crippen LogP contribution in [0.25, 0.3) is 0 Å². The minimum Gasteiger partial charge on any atom is -0.504 e. The maximum atomic E-state index is 10.4. The quantitative estimate of drug-likeness (QED) is 0.402. The number of phenolic OH excluding ortho intramolecular Hbond substituents is 2. The highest BCUT2D eigenvalue weighted by atomic mass is 16.4. The topological polar surface area (TPSA) is 104 Å². The van der Waals surface area contributed by atoms with E-state index in [1.807, 2.05) is 0 Å². The van der Waals surface area contributed by atoms with Crippen LogP contribution in [-0.4, -0.2) is 35.7 Å². The SMILES string of the molecule is N[C@@H](Cc1ccc(O)c(O)c1)C(=O)O.[B]. The van der Waals surface area contributed by atoms with E-state index in [4.69, 9.17) is 21.1 Å². The van der Waals surface area contributed by atoms with Gasteiger partial charge in [-0.1, -0.05) is 6.07 Å². The highest BCUT2D eigenvalue weighted by Gasteiger charge is 2.12. The lowest BCUT2D eigenvalue weighted by Crippen LogP contribution is -2.32. The predicted molar refractivity (Wildman–Crippen MR) is 54.8 cm³/mol. The van der Waals surface area contributed by atoms with Gasteiger partial charge in [0, 0.05) is 8.41 Å². The molecule has 0 saturated carbocycles. The zero-order chi connectivity index (χ0) is 10.7. The molecule has 5 nitrogen and oxygen atoms in total. The van der Waals surface area contributed by atoms with E-state index in [2.05, 4.69) is 0 Å². The van der Waals surface area contributed by atoms with E-state index in [0.29, 0.717) is 5.56 Å². The zero-order valence-electron chi connectivity index (χ0n) is 7.92. The van der Waals surface area contributed by atoms with Crippen LogP contribution in [0.2, 0.25) is 0 Å². The van der Waals surface area contributed by atoms with Gasteiger partial charge in [0.25, 0.3) is 0 Å². The molecule has 5 N–H and O–H groups in total. The Kier molecular flexibility index (Phi) is 4.67. The molecule has 15 heavy (non-hydrogen) atoms. The summed E-state index contributed by atoms with van der Waals surface area (Å²) < 4.78 is 0. The number of carboxylic acids is 1. The fourth-order valence-electron chi connectivity index (χ4n) is 1.04. The molecule has 0 saturated heterocycles. The van der Waals surface area contributed by atoms with Crippen molar-refractivity contribution in [3.05, 3.63) is 23.8 Å². The van der Waals surface area contributed by atoms with Crippen molar-refractivity contribution >= 4 is 14.4 Å². The minimum atomic E-state index is -1.10. The first-order chi connectivity index (χ1) is 6.50. The fraction of sp³-hybridized carbons (Fsp3) is 0.222. The van der Waals surface area contributed by atoms with Crippen molar-refractivity contribution in [1.29, 1.82) is 0 Å². The fourth-order valence-corrected chi connectivity index (χ4v) is 1.04. The van der Waals surface area contributed by atoms with Gasteiger partial charge in [-0.15, -0.1) is 0 Å². The van der Waals surface area contributed by atoms with Crippen molar-refractivity contribution in [3.8, 4) is 11.5 Å².